The first-order valence-electron chi connectivity index (χ1n) is 11.3. The minimum atomic E-state index is -2.41. The molecular weight excluding hydrogens is 465 g/mol. The molecule has 1 heterocycles. The van der Waals surface area contributed by atoms with Crippen molar-refractivity contribution in [2.24, 2.45) is 11.7 Å². The highest BCUT2D eigenvalue weighted by atomic mass is 35.5. The van der Waals surface area contributed by atoms with E-state index >= 15 is 0 Å². The maximum absolute atomic E-state index is 13.5. The fraction of sp³-hybridized carbons (Fsp3) is 0.478. The molecule has 0 bridgehead atoms. The molecule has 5 N–H and O–H groups in total. The van der Waals surface area contributed by atoms with Crippen molar-refractivity contribution < 1.29 is 23.6 Å². The number of nitrogens with two attached hydrogens (primary N) is 1. The number of nitrogens with one attached hydrogen (secondary N) is 3. The van der Waals surface area contributed by atoms with Crippen LogP contribution in [0.3, 0.4) is 0 Å². The average molecular weight is 494 g/mol. The number of hydrogen-bond acceptors (Lipinski definition) is 4. The van der Waals surface area contributed by atoms with Gasteiger partial charge in [-0.25, -0.2) is 9.40 Å². The molecule has 0 spiro atoms. The molecule has 1 aliphatic rings. The van der Waals surface area contributed by atoms with Gasteiger partial charge in [0.2, 0.25) is 5.91 Å². The Labute approximate surface area is 201 Å². The van der Waals surface area contributed by atoms with Gasteiger partial charge in [-0.1, -0.05) is 61.9 Å². The van der Waals surface area contributed by atoms with Crippen molar-refractivity contribution in [2.75, 3.05) is 6.54 Å². The molecule has 0 saturated heterocycles. The van der Waals surface area contributed by atoms with Gasteiger partial charge in [0.05, 0.1) is 6.54 Å². The SMILES string of the molecule is NC(=O)CCN(NC(=O)[C@H](CC1CCCCC1)NC(=O)c1cc2ccccc2[nH]1)C(=O)C(F)Cl. The first-order chi connectivity index (χ1) is 16.2. The summed E-state index contributed by atoms with van der Waals surface area (Å²) in [5.74, 6) is -2.94. The van der Waals surface area contributed by atoms with Crippen molar-refractivity contribution in [3.05, 3.63) is 36.0 Å². The van der Waals surface area contributed by atoms with Gasteiger partial charge in [0, 0.05) is 17.3 Å². The molecule has 1 fully saturated rings. The fourth-order valence-electron chi connectivity index (χ4n) is 4.19. The minimum Gasteiger partial charge on any atom is -0.370 e. The molecule has 1 aromatic heterocycles. The fourth-order valence-corrected chi connectivity index (χ4v) is 4.31. The summed E-state index contributed by atoms with van der Waals surface area (Å²) in [6, 6.07) is 8.08. The van der Waals surface area contributed by atoms with Gasteiger partial charge in [-0.05, 0) is 24.5 Å². The smallest absolute Gasteiger partial charge is 0.291 e. The lowest BCUT2D eigenvalue weighted by Crippen LogP contribution is -2.56. The Morgan fingerprint density at radius 1 is 1.18 bits per heavy atom. The second-order valence-corrected chi connectivity index (χ2v) is 8.90. The van der Waals surface area contributed by atoms with E-state index in [1.54, 1.807) is 6.07 Å². The van der Waals surface area contributed by atoms with Crippen LogP contribution in [0, 0.1) is 5.92 Å². The molecule has 0 radical (unpaired) electrons. The summed E-state index contributed by atoms with van der Waals surface area (Å²) in [7, 11) is 0. The van der Waals surface area contributed by atoms with E-state index in [-0.39, 0.29) is 24.6 Å². The van der Waals surface area contributed by atoms with Gasteiger partial charge in [0.1, 0.15) is 11.7 Å². The van der Waals surface area contributed by atoms with Crippen LogP contribution in [0.1, 0.15) is 55.4 Å². The number of hydrazine groups is 1. The summed E-state index contributed by atoms with van der Waals surface area (Å²) in [6.07, 6.45) is 5.09. The van der Waals surface area contributed by atoms with Gasteiger partial charge in [0.25, 0.3) is 23.4 Å². The number of aromatic nitrogens is 1. The lowest BCUT2D eigenvalue weighted by atomic mass is 9.84. The van der Waals surface area contributed by atoms with Crippen molar-refractivity contribution >= 4 is 46.1 Å². The van der Waals surface area contributed by atoms with Crippen molar-refractivity contribution in [3.63, 3.8) is 0 Å². The summed E-state index contributed by atoms with van der Waals surface area (Å²) in [5.41, 5.74) is 6.08. The van der Waals surface area contributed by atoms with Crippen LogP contribution >= 0.6 is 11.6 Å². The van der Waals surface area contributed by atoms with Crippen LogP contribution in [0.4, 0.5) is 4.39 Å². The molecule has 184 valence electrons. The highest BCUT2D eigenvalue weighted by Gasteiger charge is 2.30. The number of alkyl halides is 2. The van der Waals surface area contributed by atoms with E-state index in [1.165, 1.54) is 0 Å². The number of primary amides is 1. The summed E-state index contributed by atoms with van der Waals surface area (Å²) in [5, 5.41) is 4.22. The third kappa shape index (κ3) is 6.93. The Kier molecular flexibility index (Phi) is 8.86. The summed E-state index contributed by atoms with van der Waals surface area (Å²) in [4.78, 5) is 52.4. The van der Waals surface area contributed by atoms with Gasteiger partial charge in [-0.2, -0.15) is 0 Å². The maximum Gasteiger partial charge on any atom is 0.291 e. The van der Waals surface area contributed by atoms with E-state index in [0.29, 0.717) is 11.4 Å². The zero-order valence-corrected chi connectivity index (χ0v) is 19.4. The number of carbonyl (C=O) groups excluding carboxylic acids is 4. The Morgan fingerprint density at radius 2 is 1.88 bits per heavy atom. The standard InChI is InChI=1S/C23H29ClFN5O4/c24-20(25)23(34)30(11-10-19(26)31)29-22(33)17(12-14-6-2-1-3-7-14)28-21(32)18-13-15-8-4-5-9-16(15)27-18/h4-5,8-9,13-14,17,20,27H,1-3,6-7,10-12H2,(H2,26,31)(H,28,32)(H,29,33)/t17-,20?/m0/s1. The third-order valence-corrected chi connectivity index (χ3v) is 6.16. The van der Waals surface area contributed by atoms with Crippen molar-refractivity contribution in [1.82, 2.24) is 20.7 Å². The predicted molar refractivity (Wildman–Crippen MR) is 125 cm³/mol. The largest absolute Gasteiger partial charge is 0.370 e. The van der Waals surface area contributed by atoms with E-state index in [1.807, 2.05) is 24.3 Å². The summed E-state index contributed by atoms with van der Waals surface area (Å²) in [6.45, 7) is -0.348. The van der Waals surface area contributed by atoms with E-state index in [2.05, 4.69) is 15.7 Å². The van der Waals surface area contributed by atoms with Crippen LogP contribution in [0.5, 0.6) is 0 Å². The number of rotatable bonds is 9. The predicted octanol–water partition coefficient (Wildman–Crippen LogP) is 2.51. The zero-order chi connectivity index (χ0) is 24.7. The molecule has 1 unspecified atom stereocenters. The van der Waals surface area contributed by atoms with Gasteiger partial charge >= 0.3 is 0 Å². The topological polar surface area (TPSA) is 137 Å². The van der Waals surface area contributed by atoms with Crippen LogP contribution in [0.2, 0.25) is 0 Å². The van der Waals surface area contributed by atoms with Gasteiger partial charge in [-0.3, -0.25) is 24.6 Å². The molecule has 1 aliphatic carbocycles. The molecule has 2 aromatic rings. The van der Waals surface area contributed by atoms with Gasteiger partial charge in [0.15, 0.2) is 0 Å². The van der Waals surface area contributed by atoms with Crippen molar-refractivity contribution in [1.29, 1.82) is 0 Å². The lowest BCUT2D eigenvalue weighted by Gasteiger charge is -2.29. The Bertz CT molecular complexity index is 1000. The van der Waals surface area contributed by atoms with Crippen LogP contribution in [-0.4, -0.2) is 51.8 Å². The number of benzene rings is 1. The number of halogens is 2. The highest BCUT2D eigenvalue weighted by Crippen LogP contribution is 2.27. The number of amides is 4. The number of H-pyrrole nitrogens is 1. The number of para-hydroxylation sites is 1. The van der Waals surface area contributed by atoms with E-state index in [9.17, 15) is 23.6 Å². The van der Waals surface area contributed by atoms with Crippen molar-refractivity contribution in [3.8, 4) is 0 Å². The second-order valence-electron chi connectivity index (χ2n) is 8.52. The average Bonchev–Trinajstić information content (AvgIpc) is 3.25. The number of hydrogen-bond donors (Lipinski definition) is 4. The van der Waals surface area contributed by atoms with Gasteiger partial charge < -0.3 is 16.0 Å². The molecule has 1 saturated carbocycles. The molecule has 2 atom stereocenters. The lowest BCUT2D eigenvalue weighted by molar-refractivity contribution is -0.144. The molecule has 0 aliphatic heterocycles. The Morgan fingerprint density at radius 3 is 2.53 bits per heavy atom. The summed E-state index contributed by atoms with van der Waals surface area (Å²) < 4.78 is 13.5. The van der Waals surface area contributed by atoms with Crippen LogP contribution in [-0.2, 0) is 14.4 Å². The normalized spacial score (nSPS) is 15.9. The number of nitrogens with zero attached hydrogens (tertiary/aromatic N) is 1. The van der Waals surface area contributed by atoms with E-state index in [4.69, 9.17) is 17.3 Å². The molecule has 3 rings (SSSR count). The molecule has 1 aromatic carbocycles. The summed E-state index contributed by atoms with van der Waals surface area (Å²) >= 11 is 5.26. The van der Waals surface area contributed by atoms with Crippen LogP contribution < -0.4 is 16.5 Å². The minimum absolute atomic E-state index is 0.212. The number of fused-ring (bicyclic) bond motifs is 1. The molecule has 9 nitrogen and oxygen atoms in total. The second kappa shape index (κ2) is 11.8. The first-order valence-corrected chi connectivity index (χ1v) is 11.7. The van der Waals surface area contributed by atoms with E-state index in [0.717, 1.165) is 43.0 Å². The zero-order valence-electron chi connectivity index (χ0n) is 18.7. The molecule has 34 heavy (non-hydrogen) atoms. The number of aromatic amines is 1. The van der Waals surface area contributed by atoms with Crippen LogP contribution in [0.15, 0.2) is 30.3 Å². The monoisotopic (exact) mass is 493 g/mol. The Balaban J connectivity index is 1.76. The van der Waals surface area contributed by atoms with Gasteiger partial charge in [-0.15, -0.1) is 0 Å². The third-order valence-electron chi connectivity index (χ3n) is 5.97. The molecular formula is C23H29ClFN5O4. The quantitative estimate of drug-likeness (QED) is 0.315. The molecule has 4 amide bonds. The number of carbonyl (C=O) groups is 4. The van der Waals surface area contributed by atoms with E-state index < -0.39 is 35.3 Å². The first kappa shape index (κ1) is 25.5. The van der Waals surface area contributed by atoms with Crippen LogP contribution in [0.25, 0.3) is 10.9 Å². The highest BCUT2D eigenvalue weighted by molar-refractivity contribution is 6.29. The van der Waals surface area contributed by atoms with Crippen molar-refractivity contribution in [2.45, 2.75) is 56.6 Å². The molecule has 11 heteroatoms. The maximum atomic E-state index is 13.5. The Hall–Kier alpha value is -3.14.